The van der Waals surface area contributed by atoms with Gasteiger partial charge in [0, 0.05) is 5.02 Å². The zero-order valence-corrected chi connectivity index (χ0v) is 14.6. The number of nitrogens with one attached hydrogen (secondary N) is 1. The number of hydrogen-bond acceptors (Lipinski definition) is 3. The molecule has 1 aliphatic heterocycles. The highest BCUT2D eigenvalue weighted by atomic mass is 35.5. The van der Waals surface area contributed by atoms with Crippen molar-refractivity contribution in [2.24, 2.45) is 4.99 Å². The average molecular weight is 384 g/mol. The molecule has 23 heavy (non-hydrogen) atoms. The van der Waals surface area contributed by atoms with Crippen molar-refractivity contribution >= 4 is 69.4 Å². The minimum atomic E-state index is -0.191. The molecule has 0 aliphatic carbocycles. The van der Waals surface area contributed by atoms with Crippen LogP contribution in [0, 0.1) is 0 Å². The van der Waals surface area contributed by atoms with Crippen LogP contribution < -0.4 is 5.32 Å². The second-order valence-corrected chi connectivity index (χ2v) is 6.91. The number of aliphatic imine (C=N–C) groups is 1. The molecule has 0 bridgehead atoms. The second-order valence-electron chi connectivity index (χ2n) is 4.63. The first-order chi connectivity index (χ1) is 11.0. The van der Waals surface area contributed by atoms with Crippen LogP contribution in [0.15, 0.2) is 52.4 Å². The van der Waals surface area contributed by atoms with Crippen LogP contribution in [-0.4, -0.2) is 11.1 Å². The first kappa shape index (κ1) is 16.4. The van der Waals surface area contributed by atoms with E-state index in [9.17, 15) is 4.79 Å². The highest BCUT2D eigenvalue weighted by Crippen LogP contribution is 2.31. The van der Waals surface area contributed by atoms with Crippen LogP contribution in [0.5, 0.6) is 0 Å². The Morgan fingerprint density at radius 3 is 2.43 bits per heavy atom. The summed E-state index contributed by atoms with van der Waals surface area (Å²) in [7, 11) is 0. The summed E-state index contributed by atoms with van der Waals surface area (Å²) in [6, 6.07) is 12.3. The summed E-state index contributed by atoms with van der Waals surface area (Å²) >= 11 is 18.9. The van der Waals surface area contributed by atoms with E-state index in [0.717, 1.165) is 5.56 Å². The molecule has 3 rings (SSSR count). The molecule has 0 spiro atoms. The monoisotopic (exact) mass is 382 g/mol. The summed E-state index contributed by atoms with van der Waals surface area (Å²) in [5.74, 6) is -0.191. The van der Waals surface area contributed by atoms with Gasteiger partial charge in [-0.15, -0.1) is 0 Å². The van der Waals surface area contributed by atoms with Gasteiger partial charge in [0.2, 0.25) is 0 Å². The Morgan fingerprint density at radius 2 is 1.74 bits per heavy atom. The topological polar surface area (TPSA) is 41.5 Å². The van der Waals surface area contributed by atoms with E-state index in [1.165, 1.54) is 11.8 Å². The largest absolute Gasteiger partial charge is 0.300 e. The van der Waals surface area contributed by atoms with Crippen molar-refractivity contribution in [2.75, 3.05) is 0 Å². The van der Waals surface area contributed by atoms with Crippen LogP contribution in [0.25, 0.3) is 6.08 Å². The number of thioether (sulfide) groups is 1. The molecule has 0 saturated carbocycles. The summed E-state index contributed by atoms with van der Waals surface area (Å²) in [6.45, 7) is 0. The molecule has 0 aromatic heterocycles. The van der Waals surface area contributed by atoms with Gasteiger partial charge in [-0.25, -0.2) is 4.99 Å². The summed E-state index contributed by atoms with van der Waals surface area (Å²) in [5, 5.41) is 4.74. The Hall–Kier alpha value is -1.46. The van der Waals surface area contributed by atoms with Crippen LogP contribution in [0.2, 0.25) is 15.1 Å². The molecule has 1 aliphatic rings. The van der Waals surface area contributed by atoms with Gasteiger partial charge < -0.3 is 5.32 Å². The molecule has 0 radical (unpaired) electrons. The summed E-state index contributed by atoms with van der Waals surface area (Å²) in [6.07, 6.45) is 1.79. The molecule has 7 heteroatoms. The minimum absolute atomic E-state index is 0.191. The van der Waals surface area contributed by atoms with Crippen LogP contribution in [0.3, 0.4) is 0 Å². The zero-order valence-electron chi connectivity index (χ0n) is 11.5. The van der Waals surface area contributed by atoms with Gasteiger partial charge in [-0.1, -0.05) is 46.9 Å². The van der Waals surface area contributed by atoms with E-state index in [1.807, 2.05) is 12.1 Å². The number of benzene rings is 2. The lowest BCUT2D eigenvalue weighted by Crippen LogP contribution is -2.19. The van der Waals surface area contributed by atoms with Crippen molar-refractivity contribution in [3.63, 3.8) is 0 Å². The Balaban J connectivity index is 1.82. The maximum absolute atomic E-state index is 12.0. The van der Waals surface area contributed by atoms with E-state index >= 15 is 0 Å². The van der Waals surface area contributed by atoms with E-state index in [0.29, 0.717) is 30.8 Å². The molecule has 1 heterocycles. The van der Waals surface area contributed by atoms with Crippen molar-refractivity contribution < 1.29 is 4.79 Å². The van der Waals surface area contributed by atoms with Gasteiger partial charge in [0.1, 0.15) is 0 Å². The van der Waals surface area contributed by atoms with E-state index in [4.69, 9.17) is 34.8 Å². The fraction of sp³-hybridized carbons (Fsp3) is 0. The first-order valence-corrected chi connectivity index (χ1v) is 8.46. The highest BCUT2D eigenvalue weighted by Gasteiger charge is 2.23. The lowest BCUT2D eigenvalue weighted by molar-refractivity contribution is -0.115. The van der Waals surface area contributed by atoms with Crippen LogP contribution in [-0.2, 0) is 4.79 Å². The molecule has 1 N–H and O–H groups in total. The molecular formula is C16H9Cl3N2OS. The quantitative estimate of drug-likeness (QED) is 0.692. The van der Waals surface area contributed by atoms with E-state index in [1.54, 1.807) is 36.4 Å². The van der Waals surface area contributed by atoms with Gasteiger partial charge in [-0.2, -0.15) is 0 Å². The van der Waals surface area contributed by atoms with Gasteiger partial charge in [0.25, 0.3) is 5.91 Å². The van der Waals surface area contributed by atoms with Crippen molar-refractivity contribution in [1.29, 1.82) is 0 Å². The number of amides is 1. The molecule has 1 fully saturated rings. The van der Waals surface area contributed by atoms with Gasteiger partial charge in [0.15, 0.2) is 5.17 Å². The van der Waals surface area contributed by atoms with Crippen molar-refractivity contribution in [2.45, 2.75) is 0 Å². The lowest BCUT2D eigenvalue weighted by atomic mass is 10.2. The molecule has 1 amide bonds. The predicted octanol–water partition coefficient (Wildman–Crippen LogP) is 5.54. The van der Waals surface area contributed by atoms with Crippen LogP contribution in [0.4, 0.5) is 5.69 Å². The third kappa shape index (κ3) is 4.09. The number of carbonyl (C=O) groups excluding carboxylic acids is 1. The van der Waals surface area contributed by atoms with Gasteiger partial charge >= 0.3 is 0 Å². The minimum Gasteiger partial charge on any atom is -0.300 e. The Labute approximate surface area is 152 Å². The van der Waals surface area contributed by atoms with E-state index in [-0.39, 0.29) is 5.91 Å². The lowest BCUT2D eigenvalue weighted by Gasteiger charge is -1.99. The maximum Gasteiger partial charge on any atom is 0.264 e. The number of nitrogens with zero attached hydrogens (tertiary/aromatic N) is 1. The zero-order chi connectivity index (χ0) is 16.4. The third-order valence-corrected chi connectivity index (χ3v) is 4.85. The average Bonchev–Trinajstić information content (AvgIpc) is 2.85. The van der Waals surface area contributed by atoms with Gasteiger partial charge in [-0.05, 0) is 53.7 Å². The van der Waals surface area contributed by atoms with Gasteiger partial charge in [-0.3, -0.25) is 4.79 Å². The molecule has 2 aromatic carbocycles. The molecule has 0 atom stereocenters. The van der Waals surface area contributed by atoms with Crippen molar-refractivity contribution in [3.05, 3.63) is 68.0 Å². The Morgan fingerprint density at radius 1 is 1.00 bits per heavy atom. The number of hydrogen-bond donors (Lipinski definition) is 1. The fourth-order valence-electron chi connectivity index (χ4n) is 1.86. The van der Waals surface area contributed by atoms with Crippen LogP contribution >= 0.6 is 46.6 Å². The number of rotatable bonds is 2. The van der Waals surface area contributed by atoms with Crippen LogP contribution in [0.1, 0.15) is 5.56 Å². The standard InChI is InChI=1S/C16H9Cl3N2OS/c17-10-3-1-9(2-4-10)7-14-15(22)21-16(23-14)20-11-5-6-12(18)13(19)8-11/h1-8H,(H,20,21,22). The smallest absolute Gasteiger partial charge is 0.264 e. The first-order valence-electron chi connectivity index (χ1n) is 6.51. The molecule has 116 valence electrons. The Kier molecular flexibility index (Phi) is 4.97. The van der Waals surface area contributed by atoms with Crippen molar-refractivity contribution in [3.8, 4) is 0 Å². The fourth-order valence-corrected chi connectivity index (χ4v) is 3.12. The number of halogens is 3. The maximum atomic E-state index is 12.0. The molecule has 2 aromatic rings. The molecular weight excluding hydrogens is 375 g/mol. The second kappa shape index (κ2) is 6.97. The summed E-state index contributed by atoms with van der Waals surface area (Å²) < 4.78 is 0. The number of amidine groups is 1. The summed E-state index contributed by atoms with van der Waals surface area (Å²) in [5.41, 5.74) is 1.51. The Bertz CT molecular complexity index is 832. The van der Waals surface area contributed by atoms with E-state index in [2.05, 4.69) is 10.3 Å². The molecule has 3 nitrogen and oxygen atoms in total. The highest BCUT2D eigenvalue weighted by molar-refractivity contribution is 8.18. The third-order valence-electron chi connectivity index (χ3n) is 2.95. The normalized spacial score (nSPS) is 17.8. The predicted molar refractivity (Wildman–Crippen MR) is 98.7 cm³/mol. The summed E-state index contributed by atoms with van der Waals surface area (Å²) in [4.78, 5) is 16.9. The van der Waals surface area contributed by atoms with Gasteiger partial charge in [0.05, 0.1) is 20.6 Å². The van der Waals surface area contributed by atoms with Crippen molar-refractivity contribution in [1.82, 2.24) is 5.32 Å². The molecule has 1 saturated heterocycles. The SMILES string of the molecule is O=C1NC(=Nc2ccc(Cl)c(Cl)c2)SC1=Cc1ccc(Cl)cc1. The number of carbonyl (C=O) groups is 1. The van der Waals surface area contributed by atoms with E-state index < -0.39 is 0 Å². The molecule has 0 unspecified atom stereocenters.